The molecular formula is C22H35NO3S. The highest BCUT2D eigenvalue weighted by Crippen LogP contribution is 2.40. The standard InChI is InChI=1S/C22H35NO3S/c1-5-6-7-8-9-10-11-19(24)23-21-20(22(25)26-15(2)3)17-13-12-16(4)14-18(17)27-21/h15-16H,5-14H2,1-4H3,(H,23,24). The third kappa shape index (κ3) is 6.63. The molecule has 0 radical (unpaired) electrons. The molecule has 1 aromatic rings. The average molecular weight is 394 g/mol. The molecule has 1 aliphatic carbocycles. The van der Waals surface area contributed by atoms with Crippen molar-refractivity contribution in [2.45, 2.75) is 98.0 Å². The molecule has 1 amide bonds. The Labute approximate surface area is 168 Å². The Morgan fingerprint density at radius 3 is 2.59 bits per heavy atom. The van der Waals surface area contributed by atoms with Gasteiger partial charge in [0.1, 0.15) is 5.00 Å². The summed E-state index contributed by atoms with van der Waals surface area (Å²) in [7, 11) is 0. The fourth-order valence-corrected chi connectivity index (χ4v) is 5.00. The second-order valence-electron chi connectivity index (χ2n) is 8.08. The van der Waals surface area contributed by atoms with Gasteiger partial charge in [0.05, 0.1) is 11.7 Å². The molecule has 0 bridgehead atoms. The molecule has 1 heterocycles. The molecule has 0 fully saturated rings. The Morgan fingerprint density at radius 1 is 1.19 bits per heavy atom. The molecule has 152 valence electrons. The maximum absolute atomic E-state index is 12.7. The number of ether oxygens (including phenoxy) is 1. The maximum atomic E-state index is 12.7. The highest BCUT2D eigenvalue weighted by molar-refractivity contribution is 7.17. The van der Waals surface area contributed by atoms with Gasteiger partial charge in [-0.3, -0.25) is 4.79 Å². The van der Waals surface area contributed by atoms with Gasteiger partial charge >= 0.3 is 5.97 Å². The summed E-state index contributed by atoms with van der Waals surface area (Å²) in [5.41, 5.74) is 1.70. The van der Waals surface area contributed by atoms with Crippen LogP contribution in [0.25, 0.3) is 0 Å². The number of nitrogens with one attached hydrogen (secondary N) is 1. The lowest BCUT2D eigenvalue weighted by Gasteiger charge is -2.18. The number of anilines is 1. The van der Waals surface area contributed by atoms with Crippen LogP contribution in [0, 0.1) is 5.92 Å². The number of thiophene rings is 1. The van der Waals surface area contributed by atoms with E-state index in [4.69, 9.17) is 4.74 Å². The van der Waals surface area contributed by atoms with Gasteiger partial charge in [-0.05, 0) is 51.0 Å². The van der Waals surface area contributed by atoms with Crippen LogP contribution in [-0.4, -0.2) is 18.0 Å². The van der Waals surface area contributed by atoms with Crippen molar-refractivity contribution in [3.63, 3.8) is 0 Å². The summed E-state index contributed by atoms with van der Waals surface area (Å²) in [5.74, 6) is 0.333. The molecule has 1 atom stereocenters. The quantitative estimate of drug-likeness (QED) is 0.384. The molecule has 27 heavy (non-hydrogen) atoms. The normalized spacial score (nSPS) is 16.3. The van der Waals surface area contributed by atoms with Gasteiger partial charge in [-0.25, -0.2) is 4.79 Å². The highest BCUT2D eigenvalue weighted by Gasteiger charge is 2.29. The van der Waals surface area contributed by atoms with Crippen molar-refractivity contribution in [3.8, 4) is 0 Å². The predicted octanol–water partition coefficient (Wildman–Crippen LogP) is 6.13. The minimum absolute atomic E-state index is 0.00994. The summed E-state index contributed by atoms with van der Waals surface area (Å²) < 4.78 is 5.46. The van der Waals surface area contributed by atoms with Crippen molar-refractivity contribution < 1.29 is 14.3 Å². The van der Waals surface area contributed by atoms with Crippen molar-refractivity contribution in [3.05, 3.63) is 16.0 Å². The number of esters is 1. The second-order valence-corrected chi connectivity index (χ2v) is 9.18. The first-order valence-corrected chi connectivity index (χ1v) is 11.4. The van der Waals surface area contributed by atoms with Crippen molar-refractivity contribution >= 4 is 28.2 Å². The Bertz CT molecular complexity index is 636. The summed E-state index contributed by atoms with van der Waals surface area (Å²) in [5, 5.41) is 3.71. The van der Waals surface area contributed by atoms with Gasteiger partial charge in [-0.2, -0.15) is 0 Å². The first-order chi connectivity index (χ1) is 12.9. The first-order valence-electron chi connectivity index (χ1n) is 10.6. The van der Waals surface area contributed by atoms with Crippen LogP contribution in [0.15, 0.2) is 0 Å². The third-order valence-electron chi connectivity index (χ3n) is 5.07. The zero-order chi connectivity index (χ0) is 19.8. The molecule has 1 aromatic heterocycles. The molecule has 5 heteroatoms. The van der Waals surface area contributed by atoms with Gasteiger partial charge in [0.15, 0.2) is 0 Å². The van der Waals surface area contributed by atoms with E-state index in [2.05, 4.69) is 19.2 Å². The lowest BCUT2D eigenvalue weighted by atomic mass is 9.88. The lowest BCUT2D eigenvalue weighted by Crippen LogP contribution is -2.18. The van der Waals surface area contributed by atoms with Crippen molar-refractivity contribution in [1.29, 1.82) is 0 Å². The number of fused-ring (bicyclic) bond motifs is 1. The molecule has 0 aromatic carbocycles. The van der Waals surface area contributed by atoms with E-state index in [0.717, 1.165) is 37.7 Å². The SMILES string of the molecule is CCCCCCCCC(=O)Nc1sc2c(c1C(=O)OC(C)C)CCC(C)C2. The van der Waals surface area contributed by atoms with Crippen LogP contribution in [-0.2, 0) is 22.4 Å². The van der Waals surface area contributed by atoms with Gasteiger partial charge in [0.25, 0.3) is 0 Å². The Kier molecular flexibility index (Phi) is 8.81. The van der Waals surface area contributed by atoms with Crippen LogP contribution < -0.4 is 5.32 Å². The molecule has 2 rings (SSSR count). The van der Waals surface area contributed by atoms with Gasteiger partial charge in [-0.1, -0.05) is 46.0 Å². The predicted molar refractivity (Wildman–Crippen MR) is 113 cm³/mol. The topological polar surface area (TPSA) is 55.4 Å². The smallest absolute Gasteiger partial charge is 0.341 e. The summed E-state index contributed by atoms with van der Waals surface area (Å²) >= 11 is 1.57. The fraction of sp³-hybridized carbons (Fsp3) is 0.727. The minimum atomic E-state index is -0.299. The Morgan fingerprint density at radius 2 is 1.89 bits per heavy atom. The van der Waals surface area contributed by atoms with Gasteiger partial charge < -0.3 is 10.1 Å². The maximum Gasteiger partial charge on any atom is 0.341 e. The summed E-state index contributed by atoms with van der Waals surface area (Å²) in [6, 6.07) is 0. The summed E-state index contributed by atoms with van der Waals surface area (Å²) in [4.78, 5) is 26.3. The summed E-state index contributed by atoms with van der Waals surface area (Å²) in [6.07, 6.45) is 10.2. The molecule has 1 unspecified atom stereocenters. The van der Waals surface area contributed by atoms with Gasteiger partial charge in [0.2, 0.25) is 5.91 Å². The number of rotatable bonds is 10. The average Bonchev–Trinajstić information content (AvgIpc) is 2.94. The van der Waals surface area contributed by atoms with E-state index in [-0.39, 0.29) is 18.0 Å². The Hall–Kier alpha value is -1.36. The Balaban J connectivity index is 2.02. The van der Waals surface area contributed by atoms with Crippen LogP contribution in [0.1, 0.15) is 99.9 Å². The van der Waals surface area contributed by atoms with Crippen LogP contribution in [0.3, 0.4) is 0 Å². The van der Waals surface area contributed by atoms with E-state index >= 15 is 0 Å². The van der Waals surface area contributed by atoms with Crippen molar-refractivity contribution in [2.24, 2.45) is 5.92 Å². The largest absolute Gasteiger partial charge is 0.459 e. The van der Waals surface area contributed by atoms with E-state index in [9.17, 15) is 9.59 Å². The molecule has 0 spiro atoms. The van der Waals surface area contributed by atoms with Crippen molar-refractivity contribution in [2.75, 3.05) is 5.32 Å². The number of carbonyl (C=O) groups is 2. The van der Waals surface area contributed by atoms with Gasteiger partial charge in [-0.15, -0.1) is 11.3 Å². The van der Waals surface area contributed by atoms with Crippen LogP contribution in [0.4, 0.5) is 5.00 Å². The third-order valence-corrected chi connectivity index (χ3v) is 6.24. The molecule has 0 saturated heterocycles. The second kappa shape index (κ2) is 10.8. The monoisotopic (exact) mass is 393 g/mol. The van der Waals surface area contributed by atoms with E-state index < -0.39 is 0 Å². The van der Waals surface area contributed by atoms with E-state index in [1.165, 1.54) is 30.6 Å². The highest BCUT2D eigenvalue weighted by atomic mass is 32.1. The fourth-order valence-electron chi connectivity index (χ4n) is 3.58. The summed E-state index contributed by atoms with van der Waals surface area (Å²) in [6.45, 7) is 8.16. The number of amides is 1. The van der Waals surface area contributed by atoms with Gasteiger partial charge in [0, 0.05) is 11.3 Å². The lowest BCUT2D eigenvalue weighted by molar-refractivity contribution is -0.116. The molecule has 4 nitrogen and oxygen atoms in total. The van der Waals surface area contributed by atoms with E-state index in [1.807, 2.05) is 13.8 Å². The molecule has 1 N–H and O–H groups in total. The van der Waals surface area contributed by atoms with E-state index in [1.54, 1.807) is 11.3 Å². The molecule has 0 aliphatic heterocycles. The van der Waals surface area contributed by atoms with Crippen molar-refractivity contribution in [1.82, 2.24) is 0 Å². The zero-order valence-electron chi connectivity index (χ0n) is 17.4. The minimum Gasteiger partial charge on any atom is -0.459 e. The number of unbranched alkanes of at least 4 members (excludes halogenated alkanes) is 5. The van der Waals surface area contributed by atoms with Crippen LogP contribution >= 0.6 is 11.3 Å². The zero-order valence-corrected chi connectivity index (χ0v) is 18.2. The molecule has 0 saturated carbocycles. The molecular weight excluding hydrogens is 358 g/mol. The van der Waals surface area contributed by atoms with Crippen LogP contribution in [0.5, 0.6) is 0 Å². The van der Waals surface area contributed by atoms with E-state index in [0.29, 0.717) is 22.9 Å². The molecule has 1 aliphatic rings. The number of hydrogen-bond donors (Lipinski definition) is 1. The first kappa shape index (κ1) is 21.9. The van der Waals surface area contributed by atoms with Crippen LogP contribution in [0.2, 0.25) is 0 Å². The number of hydrogen-bond acceptors (Lipinski definition) is 4. The number of carbonyl (C=O) groups excluding carboxylic acids is 2.